The number of fused-ring (bicyclic) bond motifs is 1. The summed E-state index contributed by atoms with van der Waals surface area (Å²) in [6.07, 6.45) is 2.69. The number of imidazole rings is 1. The van der Waals surface area contributed by atoms with Crippen LogP contribution in [0.3, 0.4) is 0 Å². The third-order valence-electron chi connectivity index (χ3n) is 2.89. The van der Waals surface area contributed by atoms with E-state index in [1.165, 1.54) is 0 Å². The second-order valence-corrected chi connectivity index (χ2v) is 6.28. The number of rotatable bonds is 3. The van der Waals surface area contributed by atoms with Crippen molar-refractivity contribution in [2.45, 2.75) is 27.2 Å². The first kappa shape index (κ1) is 14.1. The summed E-state index contributed by atoms with van der Waals surface area (Å²) < 4.78 is 2.87. The number of aromatic nitrogens is 2. The minimum absolute atomic E-state index is 0.0624. The van der Waals surface area contributed by atoms with Gasteiger partial charge in [0.25, 0.3) is 0 Å². The van der Waals surface area contributed by atoms with Crippen molar-refractivity contribution < 1.29 is 4.79 Å². The van der Waals surface area contributed by atoms with Crippen LogP contribution in [-0.4, -0.2) is 21.8 Å². The van der Waals surface area contributed by atoms with Gasteiger partial charge in [0.05, 0.1) is 5.52 Å². The highest BCUT2D eigenvalue weighted by atomic mass is 79.9. The minimum Gasteiger partial charge on any atom is -0.355 e. The molecule has 0 aliphatic carbocycles. The monoisotopic (exact) mass is 323 g/mol. The van der Waals surface area contributed by atoms with Gasteiger partial charge in [-0.2, -0.15) is 0 Å². The molecule has 5 heteroatoms. The first-order chi connectivity index (χ1) is 8.89. The van der Waals surface area contributed by atoms with Gasteiger partial charge < -0.3 is 9.72 Å². The minimum atomic E-state index is -0.352. The zero-order valence-electron chi connectivity index (χ0n) is 11.4. The summed E-state index contributed by atoms with van der Waals surface area (Å²) in [5.41, 5.74) is 0.689. The van der Waals surface area contributed by atoms with Crippen LogP contribution in [0.15, 0.2) is 29.0 Å². The van der Waals surface area contributed by atoms with E-state index in [1.807, 2.05) is 49.6 Å². The third-order valence-corrected chi connectivity index (χ3v) is 3.48. The number of hydrogen-bond acceptors (Lipinski definition) is 2. The Bertz CT molecular complexity index is 598. The molecule has 0 atom stereocenters. The molecule has 0 saturated heterocycles. The average molecular weight is 324 g/mol. The lowest BCUT2D eigenvalue weighted by Crippen LogP contribution is -2.36. The standard InChI is InChI=1S/C14H18BrN3O/c1-14(2,3)13(19)16-8-7-11-17-12(15)10-6-4-5-9-18(10)11/h4-6,9H,7-8H2,1-3H3,(H,16,19). The molecule has 2 aromatic rings. The van der Waals surface area contributed by atoms with Gasteiger partial charge in [0.1, 0.15) is 10.4 Å². The predicted molar refractivity (Wildman–Crippen MR) is 79.1 cm³/mol. The van der Waals surface area contributed by atoms with Gasteiger partial charge in [0.15, 0.2) is 0 Å². The highest BCUT2D eigenvalue weighted by Crippen LogP contribution is 2.18. The Morgan fingerprint density at radius 3 is 2.84 bits per heavy atom. The smallest absolute Gasteiger partial charge is 0.225 e. The summed E-state index contributed by atoms with van der Waals surface area (Å²) in [4.78, 5) is 16.3. The van der Waals surface area contributed by atoms with Crippen molar-refractivity contribution in [3.8, 4) is 0 Å². The van der Waals surface area contributed by atoms with Crippen molar-refractivity contribution in [1.29, 1.82) is 0 Å². The fourth-order valence-corrected chi connectivity index (χ4v) is 2.32. The highest BCUT2D eigenvalue weighted by Gasteiger charge is 2.20. The van der Waals surface area contributed by atoms with Crippen LogP contribution in [0, 0.1) is 5.41 Å². The van der Waals surface area contributed by atoms with Gasteiger partial charge in [-0.25, -0.2) is 4.98 Å². The van der Waals surface area contributed by atoms with E-state index in [9.17, 15) is 4.79 Å². The summed E-state index contributed by atoms with van der Waals surface area (Å²) >= 11 is 3.45. The molecular formula is C14H18BrN3O. The Labute approximate surface area is 121 Å². The maximum atomic E-state index is 11.8. The predicted octanol–water partition coefficient (Wildman–Crippen LogP) is 2.80. The van der Waals surface area contributed by atoms with Gasteiger partial charge in [-0.3, -0.25) is 4.79 Å². The van der Waals surface area contributed by atoms with Crippen molar-refractivity contribution >= 4 is 27.4 Å². The fraction of sp³-hybridized carbons (Fsp3) is 0.429. The van der Waals surface area contributed by atoms with Crippen LogP contribution in [0.1, 0.15) is 26.6 Å². The maximum Gasteiger partial charge on any atom is 0.225 e. The SMILES string of the molecule is CC(C)(C)C(=O)NCCc1nc(Br)c2ccccn12. The van der Waals surface area contributed by atoms with Crippen LogP contribution in [0.4, 0.5) is 0 Å². The van der Waals surface area contributed by atoms with Crippen molar-refractivity contribution in [2.24, 2.45) is 5.41 Å². The van der Waals surface area contributed by atoms with Crippen LogP contribution in [0.25, 0.3) is 5.52 Å². The van der Waals surface area contributed by atoms with Crippen molar-refractivity contribution in [3.63, 3.8) is 0 Å². The Hall–Kier alpha value is -1.36. The van der Waals surface area contributed by atoms with E-state index >= 15 is 0 Å². The molecule has 0 aromatic carbocycles. The molecule has 0 fully saturated rings. The van der Waals surface area contributed by atoms with E-state index in [0.29, 0.717) is 13.0 Å². The number of nitrogens with one attached hydrogen (secondary N) is 1. The number of amides is 1. The normalized spacial score (nSPS) is 11.8. The molecule has 19 heavy (non-hydrogen) atoms. The first-order valence-corrected chi connectivity index (χ1v) is 7.08. The van der Waals surface area contributed by atoms with E-state index in [1.54, 1.807) is 0 Å². The van der Waals surface area contributed by atoms with Gasteiger partial charge in [-0.1, -0.05) is 26.8 Å². The molecule has 0 spiro atoms. The summed E-state index contributed by atoms with van der Waals surface area (Å²) in [6, 6.07) is 5.96. The van der Waals surface area contributed by atoms with E-state index in [-0.39, 0.29) is 11.3 Å². The van der Waals surface area contributed by atoms with Crippen LogP contribution < -0.4 is 5.32 Å². The lowest BCUT2D eigenvalue weighted by atomic mass is 9.96. The molecule has 1 N–H and O–H groups in total. The number of carbonyl (C=O) groups is 1. The second-order valence-electron chi connectivity index (χ2n) is 5.53. The van der Waals surface area contributed by atoms with Crippen LogP contribution in [-0.2, 0) is 11.2 Å². The maximum absolute atomic E-state index is 11.8. The lowest BCUT2D eigenvalue weighted by Gasteiger charge is -2.17. The van der Waals surface area contributed by atoms with E-state index in [4.69, 9.17) is 0 Å². The zero-order chi connectivity index (χ0) is 14.0. The van der Waals surface area contributed by atoms with Crippen LogP contribution in [0.5, 0.6) is 0 Å². The van der Waals surface area contributed by atoms with Gasteiger partial charge in [-0.05, 0) is 28.1 Å². The van der Waals surface area contributed by atoms with Crippen molar-refractivity contribution in [1.82, 2.24) is 14.7 Å². The topological polar surface area (TPSA) is 46.4 Å². The number of hydrogen-bond donors (Lipinski definition) is 1. The molecule has 1 amide bonds. The molecule has 4 nitrogen and oxygen atoms in total. The summed E-state index contributed by atoms with van der Waals surface area (Å²) in [5.74, 6) is 1.00. The molecule has 0 saturated carbocycles. The van der Waals surface area contributed by atoms with Gasteiger partial charge in [-0.15, -0.1) is 0 Å². The molecule has 0 bridgehead atoms. The third kappa shape index (κ3) is 3.15. The average Bonchev–Trinajstić information content (AvgIpc) is 2.66. The lowest BCUT2D eigenvalue weighted by molar-refractivity contribution is -0.128. The molecule has 0 aliphatic rings. The molecule has 2 aromatic heterocycles. The molecule has 2 heterocycles. The number of carbonyl (C=O) groups excluding carboxylic acids is 1. The Balaban J connectivity index is 2.05. The van der Waals surface area contributed by atoms with Gasteiger partial charge in [0.2, 0.25) is 5.91 Å². The molecule has 0 radical (unpaired) electrons. The number of pyridine rings is 1. The largest absolute Gasteiger partial charge is 0.355 e. The highest BCUT2D eigenvalue weighted by molar-refractivity contribution is 9.10. The molecular weight excluding hydrogens is 306 g/mol. The summed E-state index contributed by atoms with van der Waals surface area (Å²) in [6.45, 7) is 6.31. The van der Waals surface area contributed by atoms with Crippen LogP contribution in [0.2, 0.25) is 0 Å². The molecule has 0 unspecified atom stereocenters. The Kier molecular flexibility index (Phi) is 3.94. The molecule has 0 aliphatic heterocycles. The first-order valence-electron chi connectivity index (χ1n) is 6.29. The summed E-state index contributed by atoms with van der Waals surface area (Å²) in [7, 11) is 0. The van der Waals surface area contributed by atoms with Crippen LogP contribution >= 0.6 is 15.9 Å². The Morgan fingerprint density at radius 1 is 1.42 bits per heavy atom. The quantitative estimate of drug-likeness (QED) is 0.944. The fourth-order valence-electron chi connectivity index (χ4n) is 1.79. The number of halogens is 1. The second kappa shape index (κ2) is 5.33. The molecule has 2 rings (SSSR count). The zero-order valence-corrected chi connectivity index (χ0v) is 13.0. The van der Waals surface area contributed by atoms with Gasteiger partial charge in [0, 0.05) is 24.6 Å². The Morgan fingerprint density at radius 2 is 2.16 bits per heavy atom. The van der Waals surface area contributed by atoms with Crippen molar-refractivity contribution in [3.05, 3.63) is 34.8 Å². The van der Waals surface area contributed by atoms with Crippen molar-refractivity contribution in [2.75, 3.05) is 6.54 Å². The van der Waals surface area contributed by atoms with E-state index < -0.39 is 0 Å². The van der Waals surface area contributed by atoms with E-state index in [0.717, 1.165) is 15.9 Å². The van der Waals surface area contributed by atoms with E-state index in [2.05, 4.69) is 26.2 Å². The summed E-state index contributed by atoms with van der Waals surface area (Å²) in [5, 5.41) is 2.94. The molecule has 102 valence electrons. The van der Waals surface area contributed by atoms with Gasteiger partial charge >= 0.3 is 0 Å². The number of nitrogens with zero attached hydrogens (tertiary/aromatic N) is 2.